The van der Waals surface area contributed by atoms with Crippen LogP contribution in [0.1, 0.15) is 16.1 Å². The van der Waals surface area contributed by atoms with Crippen LogP contribution >= 0.6 is 0 Å². The molecule has 7 nitrogen and oxygen atoms in total. The molecule has 0 bridgehead atoms. The summed E-state index contributed by atoms with van der Waals surface area (Å²) < 4.78 is 8.48. The molecule has 1 amide bonds. The van der Waals surface area contributed by atoms with Crippen LogP contribution < -0.4 is 15.6 Å². The SMILES string of the molecule is COc1ccccc1NC(=O)c1nn(-c2ccc(C)cc2)c(=O)c2c1c1ccccc1n2C. The average Bonchev–Trinajstić information content (AvgIpc) is 3.13. The molecule has 0 radical (unpaired) electrons. The van der Waals surface area contributed by atoms with Gasteiger partial charge in [-0.15, -0.1) is 0 Å². The van der Waals surface area contributed by atoms with E-state index < -0.39 is 5.91 Å². The van der Waals surface area contributed by atoms with Crippen molar-refractivity contribution < 1.29 is 9.53 Å². The first-order valence-electron chi connectivity index (χ1n) is 10.5. The molecule has 0 unspecified atom stereocenters. The van der Waals surface area contributed by atoms with Crippen LogP contribution in [0.15, 0.2) is 77.6 Å². The van der Waals surface area contributed by atoms with E-state index in [4.69, 9.17) is 4.74 Å². The van der Waals surface area contributed by atoms with Gasteiger partial charge in [0, 0.05) is 23.3 Å². The number of anilines is 1. The topological polar surface area (TPSA) is 78.2 Å². The van der Waals surface area contributed by atoms with E-state index in [-0.39, 0.29) is 11.3 Å². The largest absolute Gasteiger partial charge is 0.495 e. The second-order valence-corrected chi connectivity index (χ2v) is 7.86. The van der Waals surface area contributed by atoms with Gasteiger partial charge in [0.2, 0.25) is 0 Å². The van der Waals surface area contributed by atoms with Gasteiger partial charge < -0.3 is 14.6 Å². The quantitative estimate of drug-likeness (QED) is 0.450. The van der Waals surface area contributed by atoms with Crippen LogP contribution in [0.4, 0.5) is 5.69 Å². The van der Waals surface area contributed by atoms with Gasteiger partial charge in [-0.1, -0.05) is 48.0 Å². The molecule has 0 spiro atoms. The van der Waals surface area contributed by atoms with Gasteiger partial charge in [-0.3, -0.25) is 9.59 Å². The number of methoxy groups -OCH3 is 1. The lowest BCUT2D eigenvalue weighted by Gasteiger charge is -2.12. The number of benzene rings is 3. The second kappa shape index (κ2) is 7.94. The molecule has 0 saturated heterocycles. The molecule has 3 aromatic carbocycles. The summed E-state index contributed by atoms with van der Waals surface area (Å²) in [7, 11) is 3.37. The Morgan fingerprint density at radius 3 is 2.42 bits per heavy atom. The Morgan fingerprint density at radius 1 is 0.970 bits per heavy atom. The molecule has 0 aliphatic rings. The summed E-state index contributed by atoms with van der Waals surface area (Å²) in [6.07, 6.45) is 0. The minimum absolute atomic E-state index is 0.160. The molecule has 0 aliphatic heterocycles. The first-order chi connectivity index (χ1) is 16.0. The van der Waals surface area contributed by atoms with Gasteiger partial charge in [0.05, 0.1) is 18.5 Å². The highest BCUT2D eigenvalue weighted by Gasteiger charge is 2.24. The predicted molar refractivity (Wildman–Crippen MR) is 130 cm³/mol. The van der Waals surface area contributed by atoms with E-state index in [1.54, 1.807) is 19.2 Å². The maximum Gasteiger partial charge on any atom is 0.296 e. The third kappa shape index (κ3) is 3.34. The summed E-state index contributed by atoms with van der Waals surface area (Å²) in [6.45, 7) is 1.97. The molecule has 0 aliphatic carbocycles. The molecule has 2 aromatic heterocycles. The van der Waals surface area contributed by atoms with Gasteiger partial charge >= 0.3 is 0 Å². The fourth-order valence-electron chi connectivity index (χ4n) is 4.13. The summed E-state index contributed by atoms with van der Waals surface area (Å²) in [5.74, 6) is 0.105. The number of carbonyl (C=O) groups is 1. The Balaban J connectivity index is 1.80. The molecular formula is C26H22N4O3. The van der Waals surface area contributed by atoms with Crippen molar-refractivity contribution in [2.24, 2.45) is 7.05 Å². The zero-order valence-electron chi connectivity index (χ0n) is 18.5. The number of nitrogens with one attached hydrogen (secondary N) is 1. The number of para-hydroxylation sites is 3. The highest BCUT2D eigenvalue weighted by atomic mass is 16.5. The zero-order chi connectivity index (χ0) is 23.1. The zero-order valence-corrected chi connectivity index (χ0v) is 18.5. The van der Waals surface area contributed by atoms with Gasteiger partial charge in [-0.2, -0.15) is 9.78 Å². The van der Waals surface area contributed by atoms with Gasteiger partial charge in [0.1, 0.15) is 11.3 Å². The number of hydrogen-bond donors (Lipinski definition) is 1. The fourth-order valence-corrected chi connectivity index (χ4v) is 4.13. The number of aromatic nitrogens is 3. The minimum atomic E-state index is -0.429. The minimum Gasteiger partial charge on any atom is -0.495 e. The van der Waals surface area contributed by atoms with Crippen LogP contribution in [0, 0.1) is 6.92 Å². The Labute approximate surface area is 189 Å². The Hall–Kier alpha value is -4.39. The van der Waals surface area contributed by atoms with Crippen molar-refractivity contribution in [3.8, 4) is 11.4 Å². The van der Waals surface area contributed by atoms with E-state index in [0.717, 1.165) is 16.5 Å². The Kier molecular flexibility index (Phi) is 4.94. The summed E-state index contributed by atoms with van der Waals surface area (Å²) in [5.41, 5.74) is 3.30. The summed E-state index contributed by atoms with van der Waals surface area (Å²) in [4.78, 5) is 27.1. The number of hydrogen-bond acceptors (Lipinski definition) is 4. The number of rotatable bonds is 4. The highest BCUT2D eigenvalue weighted by Crippen LogP contribution is 2.30. The lowest BCUT2D eigenvalue weighted by Crippen LogP contribution is -2.27. The normalized spacial score (nSPS) is 11.1. The monoisotopic (exact) mass is 438 g/mol. The molecule has 0 saturated carbocycles. The van der Waals surface area contributed by atoms with E-state index in [1.807, 2.05) is 79.2 Å². The molecule has 1 N–H and O–H groups in total. The van der Waals surface area contributed by atoms with Crippen LogP contribution in [0.3, 0.4) is 0 Å². The summed E-state index contributed by atoms with van der Waals surface area (Å²) in [6, 6.07) is 22.2. The number of nitrogens with zero attached hydrogens (tertiary/aromatic N) is 3. The molecule has 5 rings (SSSR count). The van der Waals surface area contributed by atoms with Crippen LogP contribution in [-0.2, 0) is 7.05 Å². The first-order valence-corrected chi connectivity index (χ1v) is 10.5. The van der Waals surface area contributed by atoms with Crippen molar-refractivity contribution in [3.63, 3.8) is 0 Å². The van der Waals surface area contributed by atoms with E-state index in [2.05, 4.69) is 10.4 Å². The average molecular weight is 438 g/mol. The molecular weight excluding hydrogens is 416 g/mol. The van der Waals surface area contributed by atoms with E-state index in [0.29, 0.717) is 28.0 Å². The van der Waals surface area contributed by atoms with Gasteiger partial charge in [-0.05, 0) is 37.3 Å². The van der Waals surface area contributed by atoms with Crippen molar-refractivity contribution in [1.29, 1.82) is 0 Å². The third-order valence-electron chi connectivity index (χ3n) is 5.79. The predicted octanol–water partition coefficient (Wildman–Crippen LogP) is 4.45. The van der Waals surface area contributed by atoms with Crippen molar-refractivity contribution >= 4 is 33.4 Å². The molecule has 33 heavy (non-hydrogen) atoms. The van der Waals surface area contributed by atoms with E-state index >= 15 is 0 Å². The van der Waals surface area contributed by atoms with Crippen molar-refractivity contribution in [1.82, 2.24) is 14.3 Å². The lowest BCUT2D eigenvalue weighted by atomic mass is 10.1. The number of carbonyl (C=O) groups excluding carboxylic acids is 1. The molecule has 5 aromatic rings. The van der Waals surface area contributed by atoms with Crippen molar-refractivity contribution in [2.75, 3.05) is 12.4 Å². The summed E-state index contributed by atoms with van der Waals surface area (Å²) >= 11 is 0. The molecule has 2 heterocycles. The van der Waals surface area contributed by atoms with Crippen LogP contribution in [-0.4, -0.2) is 27.4 Å². The van der Waals surface area contributed by atoms with Gasteiger partial charge in [0.25, 0.3) is 11.5 Å². The van der Waals surface area contributed by atoms with Crippen LogP contribution in [0.5, 0.6) is 5.75 Å². The van der Waals surface area contributed by atoms with Crippen molar-refractivity contribution in [3.05, 3.63) is 94.4 Å². The van der Waals surface area contributed by atoms with E-state index in [1.165, 1.54) is 4.68 Å². The molecule has 0 atom stereocenters. The second-order valence-electron chi connectivity index (χ2n) is 7.86. The number of aryl methyl sites for hydroxylation is 2. The van der Waals surface area contributed by atoms with E-state index in [9.17, 15) is 9.59 Å². The fraction of sp³-hybridized carbons (Fsp3) is 0.115. The Morgan fingerprint density at radius 2 is 1.67 bits per heavy atom. The van der Waals surface area contributed by atoms with Gasteiger partial charge in [-0.25, -0.2) is 0 Å². The lowest BCUT2D eigenvalue weighted by molar-refractivity contribution is 0.102. The Bertz CT molecular complexity index is 1580. The van der Waals surface area contributed by atoms with Crippen molar-refractivity contribution in [2.45, 2.75) is 6.92 Å². The molecule has 0 fully saturated rings. The molecule has 164 valence electrons. The maximum atomic E-state index is 13.6. The first kappa shape index (κ1) is 20.5. The maximum absolute atomic E-state index is 13.6. The number of ether oxygens (including phenoxy) is 1. The third-order valence-corrected chi connectivity index (χ3v) is 5.79. The smallest absolute Gasteiger partial charge is 0.296 e. The standard InChI is InChI=1S/C26H22N4O3/c1-16-12-14-17(15-13-16)30-26(32)24-22(18-8-4-6-10-20(18)29(24)2)23(28-30)25(31)27-19-9-5-7-11-21(19)33-3/h4-15H,1-3H3,(H,27,31). The van der Waals surface area contributed by atoms with Crippen LogP contribution in [0.2, 0.25) is 0 Å². The molecule has 7 heteroatoms. The highest BCUT2D eigenvalue weighted by molar-refractivity contribution is 6.19. The number of fused-ring (bicyclic) bond motifs is 3. The number of amides is 1. The van der Waals surface area contributed by atoms with Crippen LogP contribution in [0.25, 0.3) is 27.5 Å². The summed E-state index contributed by atoms with van der Waals surface area (Å²) in [5, 5.41) is 8.77. The van der Waals surface area contributed by atoms with Gasteiger partial charge in [0.15, 0.2) is 5.69 Å².